The monoisotopic (exact) mass is 337 g/mol. The molecule has 2 aliphatic heterocycles. The van der Waals surface area contributed by atoms with Crippen molar-refractivity contribution in [1.29, 1.82) is 0 Å². The molecule has 1 amide bonds. The predicted octanol–water partition coefficient (Wildman–Crippen LogP) is 1.92. The van der Waals surface area contributed by atoms with Crippen LogP contribution in [0.1, 0.15) is 38.5 Å². The van der Waals surface area contributed by atoms with E-state index < -0.39 is 0 Å². The molecule has 0 spiro atoms. The first-order valence-corrected chi connectivity index (χ1v) is 8.05. The molecule has 0 aromatic carbocycles. The molecule has 1 atom stereocenters. The number of carbonyl (C=O) groups is 1. The molecule has 0 bridgehead atoms. The lowest BCUT2D eigenvalue weighted by Crippen LogP contribution is -2.50. The fraction of sp³-hybridized carbons (Fsp3) is 0.933. The minimum Gasteiger partial charge on any atom is -0.340 e. The Kier molecular flexibility index (Phi) is 8.32. The van der Waals surface area contributed by atoms with Crippen LogP contribution in [0, 0.1) is 5.92 Å². The molecule has 1 unspecified atom stereocenters. The van der Waals surface area contributed by atoms with E-state index in [0.717, 1.165) is 25.6 Å². The average molecular weight is 338 g/mol. The Labute approximate surface area is 140 Å². The molecular formula is C15H29Cl2N3O. The Bertz CT molecular complexity index is 320. The van der Waals surface area contributed by atoms with Crippen LogP contribution in [0.3, 0.4) is 0 Å². The van der Waals surface area contributed by atoms with E-state index in [9.17, 15) is 4.79 Å². The van der Waals surface area contributed by atoms with Gasteiger partial charge < -0.3 is 10.2 Å². The lowest BCUT2D eigenvalue weighted by atomic mass is 10.0. The second kappa shape index (κ2) is 9.19. The molecule has 21 heavy (non-hydrogen) atoms. The van der Waals surface area contributed by atoms with Gasteiger partial charge >= 0.3 is 0 Å². The first-order valence-electron chi connectivity index (χ1n) is 8.05. The molecular weight excluding hydrogens is 309 g/mol. The van der Waals surface area contributed by atoms with Gasteiger partial charge in [0.05, 0.1) is 6.54 Å². The van der Waals surface area contributed by atoms with Crippen LogP contribution < -0.4 is 5.32 Å². The minimum absolute atomic E-state index is 0. The highest BCUT2D eigenvalue weighted by Gasteiger charge is 2.29. The van der Waals surface area contributed by atoms with Crippen LogP contribution in [-0.4, -0.2) is 61.0 Å². The Morgan fingerprint density at radius 3 is 2.38 bits per heavy atom. The van der Waals surface area contributed by atoms with Gasteiger partial charge in [0, 0.05) is 19.1 Å². The van der Waals surface area contributed by atoms with Gasteiger partial charge in [0.25, 0.3) is 0 Å². The van der Waals surface area contributed by atoms with Crippen molar-refractivity contribution in [1.82, 2.24) is 15.1 Å². The van der Waals surface area contributed by atoms with Crippen molar-refractivity contribution in [2.24, 2.45) is 5.92 Å². The zero-order valence-corrected chi connectivity index (χ0v) is 14.4. The molecule has 124 valence electrons. The highest BCUT2D eigenvalue weighted by Crippen LogP contribution is 2.27. The Morgan fingerprint density at radius 2 is 1.71 bits per heavy atom. The number of rotatable bonds is 5. The van der Waals surface area contributed by atoms with Crippen molar-refractivity contribution in [3.63, 3.8) is 0 Å². The van der Waals surface area contributed by atoms with Crippen LogP contribution in [0.2, 0.25) is 0 Å². The van der Waals surface area contributed by atoms with Crippen LogP contribution in [0.4, 0.5) is 0 Å². The highest BCUT2D eigenvalue weighted by atomic mass is 35.5. The molecule has 1 saturated carbocycles. The number of piperidine rings is 1. The standard InChI is InChI=1S/C15H27N3O.2ClH/c19-15(11-16-10-13-5-6-13)18-9-3-4-14(12-18)17-7-1-2-8-17;;/h13-14,16H,1-12H2;2*1H. The van der Waals surface area contributed by atoms with Gasteiger partial charge in [-0.15, -0.1) is 24.8 Å². The smallest absolute Gasteiger partial charge is 0.236 e. The average Bonchev–Trinajstić information content (AvgIpc) is 3.10. The lowest BCUT2D eigenvalue weighted by molar-refractivity contribution is -0.132. The first kappa shape index (κ1) is 19.0. The number of halogens is 2. The second-order valence-electron chi connectivity index (χ2n) is 6.45. The number of nitrogens with zero attached hydrogens (tertiary/aromatic N) is 2. The van der Waals surface area contributed by atoms with Gasteiger partial charge in [-0.25, -0.2) is 0 Å². The van der Waals surface area contributed by atoms with E-state index in [2.05, 4.69) is 15.1 Å². The largest absolute Gasteiger partial charge is 0.340 e. The maximum absolute atomic E-state index is 12.2. The van der Waals surface area contributed by atoms with Crippen LogP contribution in [-0.2, 0) is 4.79 Å². The Morgan fingerprint density at radius 1 is 1.00 bits per heavy atom. The quantitative estimate of drug-likeness (QED) is 0.832. The zero-order chi connectivity index (χ0) is 13.1. The number of nitrogens with one attached hydrogen (secondary N) is 1. The molecule has 4 nitrogen and oxygen atoms in total. The molecule has 0 aromatic heterocycles. The molecule has 3 aliphatic rings. The number of carbonyl (C=O) groups excluding carboxylic acids is 1. The molecule has 0 aromatic rings. The maximum atomic E-state index is 12.2. The third-order valence-corrected chi connectivity index (χ3v) is 4.81. The van der Waals surface area contributed by atoms with Gasteiger partial charge in [-0.2, -0.15) is 0 Å². The third-order valence-electron chi connectivity index (χ3n) is 4.81. The van der Waals surface area contributed by atoms with Crippen molar-refractivity contribution in [3.05, 3.63) is 0 Å². The molecule has 0 radical (unpaired) electrons. The molecule has 6 heteroatoms. The van der Waals surface area contributed by atoms with Crippen molar-refractivity contribution >= 4 is 30.7 Å². The number of amides is 1. The maximum Gasteiger partial charge on any atom is 0.236 e. The van der Waals surface area contributed by atoms with Crippen molar-refractivity contribution in [2.75, 3.05) is 39.3 Å². The van der Waals surface area contributed by atoms with Gasteiger partial charge in [-0.05, 0) is 64.1 Å². The summed E-state index contributed by atoms with van der Waals surface area (Å²) in [6.45, 7) is 6.00. The van der Waals surface area contributed by atoms with Crippen molar-refractivity contribution < 1.29 is 4.79 Å². The van der Waals surface area contributed by atoms with Gasteiger partial charge in [-0.3, -0.25) is 9.69 Å². The third kappa shape index (κ3) is 5.59. The first-order chi connectivity index (χ1) is 9.33. The van der Waals surface area contributed by atoms with E-state index >= 15 is 0 Å². The molecule has 2 heterocycles. The Hall–Kier alpha value is -0.0300. The normalized spacial score (nSPS) is 26.1. The summed E-state index contributed by atoms with van der Waals surface area (Å²) in [7, 11) is 0. The van der Waals surface area contributed by atoms with Crippen LogP contribution in [0.5, 0.6) is 0 Å². The molecule has 3 rings (SSSR count). The summed E-state index contributed by atoms with van der Waals surface area (Å²) in [4.78, 5) is 16.9. The fourth-order valence-electron chi connectivity index (χ4n) is 3.40. The minimum atomic E-state index is 0. The fourth-order valence-corrected chi connectivity index (χ4v) is 3.40. The molecule has 1 N–H and O–H groups in total. The molecule has 3 fully saturated rings. The SMILES string of the molecule is Cl.Cl.O=C(CNCC1CC1)N1CCCC(N2CCCC2)C1. The van der Waals surface area contributed by atoms with E-state index in [1.54, 1.807) is 0 Å². The van der Waals surface area contributed by atoms with Crippen LogP contribution in [0.25, 0.3) is 0 Å². The highest BCUT2D eigenvalue weighted by molar-refractivity contribution is 5.85. The summed E-state index contributed by atoms with van der Waals surface area (Å²) < 4.78 is 0. The topological polar surface area (TPSA) is 35.6 Å². The summed E-state index contributed by atoms with van der Waals surface area (Å²) in [5.41, 5.74) is 0. The van der Waals surface area contributed by atoms with E-state index in [0.29, 0.717) is 18.5 Å². The summed E-state index contributed by atoms with van der Waals surface area (Å²) in [6.07, 6.45) is 7.83. The van der Waals surface area contributed by atoms with E-state index in [1.165, 1.54) is 51.6 Å². The zero-order valence-electron chi connectivity index (χ0n) is 12.8. The van der Waals surface area contributed by atoms with Gasteiger partial charge in [-0.1, -0.05) is 0 Å². The number of hydrogen-bond donors (Lipinski definition) is 1. The van der Waals surface area contributed by atoms with Crippen molar-refractivity contribution in [3.8, 4) is 0 Å². The predicted molar refractivity (Wildman–Crippen MR) is 90.5 cm³/mol. The van der Waals surface area contributed by atoms with E-state index in [1.807, 2.05) is 0 Å². The van der Waals surface area contributed by atoms with Gasteiger partial charge in [0.15, 0.2) is 0 Å². The Balaban J connectivity index is 0.00000110. The summed E-state index contributed by atoms with van der Waals surface area (Å²) in [5, 5.41) is 3.32. The molecule has 1 aliphatic carbocycles. The van der Waals surface area contributed by atoms with E-state index in [4.69, 9.17) is 0 Å². The van der Waals surface area contributed by atoms with Crippen LogP contribution in [0.15, 0.2) is 0 Å². The molecule has 2 saturated heterocycles. The summed E-state index contributed by atoms with van der Waals surface area (Å²) >= 11 is 0. The number of hydrogen-bond acceptors (Lipinski definition) is 3. The summed E-state index contributed by atoms with van der Waals surface area (Å²) in [6, 6.07) is 0.628. The van der Waals surface area contributed by atoms with Crippen molar-refractivity contribution in [2.45, 2.75) is 44.6 Å². The lowest BCUT2D eigenvalue weighted by Gasteiger charge is -2.37. The van der Waals surface area contributed by atoms with Gasteiger partial charge in [0.2, 0.25) is 5.91 Å². The number of likely N-dealkylation sites (tertiary alicyclic amines) is 2. The van der Waals surface area contributed by atoms with E-state index in [-0.39, 0.29) is 24.8 Å². The second-order valence-corrected chi connectivity index (χ2v) is 6.45. The summed E-state index contributed by atoms with van der Waals surface area (Å²) in [5.74, 6) is 1.16. The van der Waals surface area contributed by atoms with Gasteiger partial charge in [0.1, 0.15) is 0 Å². The van der Waals surface area contributed by atoms with Crippen LogP contribution >= 0.6 is 24.8 Å².